The van der Waals surface area contributed by atoms with Crippen molar-refractivity contribution >= 4 is 17.7 Å². The third-order valence-electron chi connectivity index (χ3n) is 7.48. The first-order valence-corrected chi connectivity index (χ1v) is 12.9. The third-order valence-corrected chi connectivity index (χ3v) is 7.48. The van der Waals surface area contributed by atoms with Crippen molar-refractivity contribution in [3.05, 3.63) is 59.7 Å². The first-order valence-electron chi connectivity index (χ1n) is 12.9. The number of hydrogen-bond acceptors (Lipinski definition) is 6. The quantitative estimate of drug-likeness (QED) is 0.618. The van der Waals surface area contributed by atoms with E-state index in [1.165, 1.54) is 0 Å². The summed E-state index contributed by atoms with van der Waals surface area (Å²) in [5.74, 6) is 0.933. The monoisotopic (exact) mass is 506 g/mol. The largest absolute Gasteiger partial charge is 0.497 e. The molecule has 2 aromatic carbocycles. The van der Waals surface area contributed by atoms with E-state index >= 15 is 0 Å². The Labute approximate surface area is 217 Å². The Balaban J connectivity index is 1.43. The van der Waals surface area contributed by atoms with E-state index < -0.39 is 6.04 Å². The number of rotatable bonds is 7. The predicted molar refractivity (Wildman–Crippen MR) is 138 cm³/mol. The van der Waals surface area contributed by atoms with Gasteiger partial charge in [0.2, 0.25) is 5.91 Å². The van der Waals surface area contributed by atoms with E-state index in [1.54, 1.807) is 67.7 Å². The molecule has 9 nitrogen and oxygen atoms in total. The number of piperazine rings is 1. The predicted octanol–water partition coefficient (Wildman–Crippen LogP) is 2.02. The highest BCUT2D eigenvalue weighted by Crippen LogP contribution is 2.36. The zero-order valence-corrected chi connectivity index (χ0v) is 21.4. The van der Waals surface area contributed by atoms with Crippen LogP contribution in [0.4, 0.5) is 0 Å². The lowest BCUT2D eigenvalue weighted by atomic mass is 10.1. The molecule has 0 aromatic heterocycles. The van der Waals surface area contributed by atoms with Gasteiger partial charge in [0.25, 0.3) is 11.8 Å². The molecular weight excluding hydrogens is 472 g/mol. The lowest BCUT2D eigenvalue weighted by molar-refractivity contribution is -0.135. The molecule has 2 atom stereocenters. The molecule has 1 saturated carbocycles. The number of carbonyl (C=O) groups is 3. The summed E-state index contributed by atoms with van der Waals surface area (Å²) in [6, 6.07) is 13.4. The zero-order valence-electron chi connectivity index (χ0n) is 21.4. The molecule has 2 saturated heterocycles. The molecular formula is C28H34N4O5. The highest BCUT2D eigenvalue weighted by molar-refractivity contribution is 5.99. The molecule has 0 radical (unpaired) electrons. The van der Waals surface area contributed by atoms with E-state index in [0.29, 0.717) is 48.7 Å². The van der Waals surface area contributed by atoms with Crippen LogP contribution in [-0.2, 0) is 4.79 Å². The summed E-state index contributed by atoms with van der Waals surface area (Å²) in [5.41, 5.74) is 1.05. The van der Waals surface area contributed by atoms with Gasteiger partial charge < -0.3 is 29.5 Å². The molecule has 3 fully saturated rings. The van der Waals surface area contributed by atoms with Gasteiger partial charge in [-0.2, -0.15) is 0 Å². The van der Waals surface area contributed by atoms with E-state index in [9.17, 15) is 14.4 Å². The van der Waals surface area contributed by atoms with Crippen LogP contribution in [0.25, 0.3) is 0 Å². The van der Waals surface area contributed by atoms with Gasteiger partial charge in [-0.15, -0.1) is 0 Å². The first-order chi connectivity index (χ1) is 18.0. The van der Waals surface area contributed by atoms with Gasteiger partial charge >= 0.3 is 0 Å². The minimum Gasteiger partial charge on any atom is -0.497 e. The van der Waals surface area contributed by atoms with Crippen molar-refractivity contribution in [3.63, 3.8) is 0 Å². The van der Waals surface area contributed by atoms with E-state index in [4.69, 9.17) is 9.47 Å². The van der Waals surface area contributed by atoms with E-state index in [-0.39, 0.29) is 29.8 Å². The summed E-state index contributed by atoms with van der Waals surface area (Å²) >= 11 is 0. The van der Waals surface area contributed by atoms with Crippen LogP contribution < -0.4 is 14.8 Å². The minimum absolute atomic E-state index is 0.0483. The van der Waals surface area contributed by atoms with Crippen LogP contribution in [0.5, 0.6) is 11.5 Å². The standard InChI is InChI=1S/C28H34N4O5/c1-36-23-10-6-19(7-11-23)27(34)32(21-8-9-21)22-17-25(28(35)30-14-12-29-13-15-30)31(18-22)26(33)20-4-3-5-24(16-20)37-2/h3-7,10-11,16,21-22,25,29H,8-9,12-15,17-18H2,1-2H3. The summed E-state index contributed by atoms with van der Waals surface area (Å²) in [6.45, 7) is 3.00. The molecule has 2 heterocycles. The lowest BCUT2D eigenvalue weighted by Gasteiger charge is -2.32. The maximum absolute atomic E-state index is 13.7. The molecule has 3 aliphatic rings. The van der Waals surface area contributed by atoms with Crippen LogP contribution in [0.15, 0.2) is 48.5 Å². The summed E-state index contributed by atoms with van der Waals surface area (Å²) in [4.78, 5) is 46.5. The number of methoxy groups -OCH3 is 2. The van der Waals surface area contributed by atoms with Gasteiger partial charge in [-0.1, -0.05) is 6.07 Å². The summed E-state index contributed by atoms with van der Waals surface area (Å²) in [6.07, 6.45) is 2.29. The zero-order chi connectivity index (χ0) is 25.9. The van der Waals surface area contributed by atoms with Gasteiger partial charge in [-0.05, 0) is 61.7 Å². The number of amides is 3. The average Bonchev–Trinajstić information content (AvgIpc) is 3.70. The summed E-state index contributed by atoms with van der Waals surface area (Å²) < 4.78 is 10.6. The van der Waals surface area contributed by atoms with Crippen LogP contribution in [0.3, 0.4) is 0 Å². The van der Waals surface area contributed by atoms with Gasteiger partial charge in [-0.25, -0.2) is 0 Å². The van der Waals surface area contributed by atoms with Gasteiger partial charge in [-0.3, -0.25) is 14.4 Å². The first kappa shape index (κ1) is 25.1. The SMILES string of the molecule is COc1ccc(C(=O)N(C2CC2)C2CC(C(=O)N3CCNCC3)N(C(=O)c3cccc(OC)c3)C2)cc1. The van der Waals surface area contributed by atoms with Crippen molar-refractivity contribution in [2.24, 2.45) is 0 Å². The molecule has 3 amide bonds. The fraction of sp³-hybridized carbons (Fsp3) is 0.464. The number of nitrogens with one attached hydrogen (secondary N) is 1. The molecule has 5 rings (SSSR count). The fourth-order valence-corrected chi connectivity index (χ4v) is 5.36. The molecule has 37 heavy (non-hydrogen) atoms. The Morgan fingerprint density at radius 1 is 0.892 bits per heavy atom. The van der Waals surface area contributed by atoms with Crippen LogP contribution in [0, 0.1) is 0 Å². The summed E-state index contributed by atoms with van der Waals surface area (Å²) in [7, 11) is 3.15. The third kappa shape index (κ3) is 5.27. The van der Waals surface area contributed by atoms with Crippen LogP contribution >= 0.6 is 0 Å². The number of likely N-dealkylation sites (tertiary alicyclic amines) is 1. The molecule has 196 valence electrons. The van der Waals surface area contributed by atoms with E-state index in [2.05, 4.69) is 5.32 Å². The molecule has 1 aliphatic carbocycles. The summed E-state index contributed by atoms with van der Waals surface area (Å²) in [5, 5.41) is 3.27. The molecule has 1 N–H and O–H groups in total. The molecule has 0 bridgehead atoms. The Hall–Kier alpha value is -3.59. The average molecular weight is 507 g/mol. The molecule has 2 aromatic rings. The Bertz CT molecular complexity index is 1140. The maximum Gasteiger partial charge on any atom is 0.254 e. The van der Waals surface area contributed by atoms with Crippen molar-refractivity contribution in [1.29, 1.82) is 0 Å². The second-order valence-corrected chi connectivity index (χ2v) is 9.84. The highest BCUT2D eigenvalue weighted by Gasteiger charge is 2.48. The topological polar surface area (TPSA) is 91.4 Å². The lowest BCUT2D eigenvalue weighted by Crippen LogP contribution is -2.53. The van der Waals surface area contributed by atoms with Crippen molar-refractivity contribution in [2.75, 3.05) is 46.9 Å². The smallest absolute Gasteiger partial charge is 0.254 e. The van der Waals surface area contributed by atoms with Crippen molar-refractivity contribution in [3.8, 4) is 11.5 Å². The second kappa shape index (κ2) is 10.8. The van der Waals surface area contributed by atoms with Crippen molar-refractivity contribution < 1.29 is 23.9 Å². The molecule has 9 heteroatoms. The van der Waals surface area contributed by atoms with Crippen LogP contribution in [-0.4, -0.2) is 97.5 Å². The van der Waals surface area contributed by atoms with Gasteiger partial charge in [0.15, 0.2) is 0 Å². The maximum atomic E-state index is 13.7. The molecule has 2 aliphatic heterocycles. The normalized spacial score (nSPS) is 21.5. The molecule has 0 spiro atoms. The minimum atomic E-state index is -0.619. The number of carbonyl (C=O) groups excluding carboxylic acids is 3. The van der Waals surface area contributed by atoms with Crippen molar-refractivity contribution in [2.45, 2.75) is 37.4 Å². The van der Waals surface area contributed by atoms with Crippen LogP contribution in [0.2, 0.25) is 0 Å². The van der Waals surface area contributed by atoms with Gasteiger partial charge in [0.05, 0.1) is 20.3 Å². The van der Waals surface area contributed by atoms with Gasteiger partial charge in [0.1, 0.15) is 17.5 Å². The van der Waals surface area contributed by atoms with E-state index in [0.717, 1.165) is 25.9 Å². The molecule has 2 unspecified atom stereocenters. The number of hydrogen-bond donors (Lipinski definition) is 1. The Morgan fingerprint density at radius 2 is 1.59 bits per heavy atom. The van der Waals surface area contributed by atoms with Crippen LogP contribution in [0.1, 0.15) is 40.0 Å². The number of nitrogens with zero attached hydrogens (tertiary/aromatic N) is 3. The second-order valence-electron chi connectivity index (χ2n) is 9.84. The number of ether oxygens (including phenoxy) is 2. The number of benzene rings is 2. The van der Waals surface area contributed by atoms with Crippen molar-refractivity contribution in [1.82, 2.24) is 20.0 Å². The highest BCUT2D eigenvalue weighted by atomic mass is 16.5. The van der Waals surface area contributed by atoms with E-state index in [1.807, 2.05) is 9.80 Å². The van der Waals surface area contributed by atoms with Gasteiger partial charge in [0, 0.05) is 49.9 Å². The Morgan fingerprint density at radius 3 is 2.24 bits per heavy atom. The fourth-order valence-electron chi connectivity index (χ4n) is 5.36. The Kier molecular flexibility index (Phi) is 7.32.